The van der Waals surface area contributed by atoms with Gasteiger partial charge in [-0.1, -0.05) is 18.2 Å². The molecule has 186 valence electrons. The molecule has 36 heavy (non-hydrogen) atoms. The number of ether oxygens (including phenoxy) is 2. The second-order valence-electron chi connectivity index (χ2n) is 7.53. The minimum absolute atomic E-state index is 0.0193. The largest absolute Gasteiger partial charge is 0.573 e. The maximum atomic E-state index is 13.0. The molecule has 0 aliphatic carbocycles. The van der Waals surface area contributed by atoms with Gasteiger partial charge >= 0.3 is 18.1 Å². The molecule has 0 bridgehead atoms. The molecule has 0 unspecified atom stereocenters. The molecule has 2 heterocycles. The molecule has 0 atom stereocenters. The van der Waals surface area contributed by atoms with Crippen LogP contribution in [0.15, 0.2) is 77.7 Å². The minimum atomic E-state index is -4.85. The molecule has 0 saturated heterocycles. The van der Waals surface area contributed by atoms with Gasteiger partial charge in [0.05, 0.1) is 17.9 Å². The van der Waals surface area contributed by atoms with Crippen LogP contribution in [0.2, 0.25) is 0 Å². The van der Waals surface area contributed by atoms with Crippen molar-refractivity contribution < 1.29 is 32.5 Å². The Morgan fingerprint density at radius 1 is 1.06 bits per heavy atom. The van der Waals surface area contributed by atoms with Gasteiger partial charge in [0.25, 0.3) is 0 Å². The van der Waals surface area contributed by atoms with E-state index in [-0.39, 0.29) is 29.6 Å². The summed E-state index contributed by atoms with van der Waals surface area (Å²) in [6.07, 6.45) is -4.16. The zero-order valence-corrected chi connectivity index (χ0v) is 18.7. The van der Waals surface area contributed by atoms with Crippen molar-refractivity contribution in [1.82, 2.24) is 14.1 Å². The van der Waals surface area contributed by atoms with Gasteiger partial charge in [0.2, 0.25) is 5.88 Å². The summed E-state index contributed by atoms with van der Waals surface area (Å²) >= 11 is 0. The second kappa shape index (κ2) is 9.86. The van der Waals surface area contributed by atoms with E-state index < -0.39 is 23.9 Å². The number of rotatable bonds is 6. The molecule has 2 aromatic heterocycles. The van der Waals surface area contributed by atoms with E-state index in [1.165, 1.54) is 35.9 Å². The van der Waals surface area contributed by atoms with Crippen molar-refractivity contribution in [2.45, 2.75) is 19.8 Å². The molecule has 2 aromatic carbocycles. The van der Waals surface area contributed by atoms with E-state index in [2.05, 4.69) is 15.0 Å². The van der Waals surface area contributed by atoms with Gasteiger partial charge in [0, 0.05) is 6.20 Å². The third-order valence-corrected chi connectivity index (χ3v) is 5.04. The first-order valence-electron chi connectivity index (χ1n) is 10.5. The smallest absolute Gasteiger partial charge is 0.493 e. The average molecular weight is 500 g/mol. The maximum Gasteiger partial charge on any atom is 0.573 e. The molecular weight excluding hydrogens is 481 g/mol. The van der Waals surface area contributed by atoms with Crippen LogP contribution in [0.1, 0.15) is 11.3 Å². The fourth-order valence-electron chi connectivity index (χ4n) is 3.40. The number of hydrogen-bond donors (Lipinski definition) is 2. The van der Waals surface area contributed by atoms with Gasteiger partial charge in [0.1, 0.15) is 17.3 Å². The highest BCUT2D eigenvalue weighted by Crippen LogP contribution is 2.26. The Kier molecular flexibility index (Phi) is 6.68. The summed E-state index contributed by atoms with van der Waals surface area (Å²) in [6, 6.07) is 16.1. The number of hydrogen-bond acceptors (Lipinski definition) is 6. The van der Waals surface area contributed by atoms with Crippen molar-refractivity contribution >= 4 is 11.9 Å². The van der Waals surface area contributed by atoms with Crippen LogP contribution in [0.25, 0.3) is 5.69 Å². The molecule has 0 aliphatic heterocycles. The lowest BCUT2D eigenvalue weighted by Crippen LogP contribution is -2.24. The average Bonchev–Trinajstić information content (AvgIpc) is 3.02. The summed E-state index contributed by atoms with van der Waals surface area (Å²) in [4.78, 5) is 29.2. The summed E-state index contributed by atoms with van der Waals surface area (Å²) in [7, 11) is 0. The highest BCUT2D eigenvalue weighted by molar-refractivity contribution is 5.85. The van der Waals surface area contributed by atoms with Crippen molar-refractivity contribution in [3.05, 3.63) is 94.7 Å². The number of nitrogens with one attached hydrogen (secondary N) is 1. The van der Waals surface area contributed by atoms with Crippen molar-refractivity contribution in [3.63, 3.8) is 0 Å². The zero-order chi connectivity index (χ0) is 25.9. The molecular formula is C24H19F3N4O5. The van der Waals surface area contributed by atoms with E-state index in [0.717, 1.165) is 16.7 Å². The number of aromatic hydroxyl groups is 1. The molecule has 0 spiro atoms. The topological polar surface area (TPSA) is 108 Å². The Hall–Kier alpha value is -4.74. The number of pyridine rings is 1. The lowest BCUT2D eigenvalue weighted by molar-refractivity contribution is -0.274. The highest BCUT2D eigenvalue weighted by atomic mass is 19.4. The van der Waals surface area contributed by atoms with Gasteiger partial charge in [-0.05, 0) is 61.0 Å². The fourth-order valence-corrected chi connectivity index (χ4v) is 3.40. The van der Waals surface area contributed by atoms with Crippen LogP contribution in [-0.4, -0.2) is 31.7 Å². The summed E-state index contributed by atoms with van der Waals surface area (Å²) in [5.41, 5.74) is 0.334. The third-order valence-electron chi connectivity index (χ3n) is 5.04. The van der Waals surface area contributed by atoms with Crippen molar-refractivity contribution in [2.75, 3.05) is 5.32 Å². The first-order chi connectivity index (χ1) is 17.1. The van der Waals surface area contributed by atoms with Crippen LogP contribution in [0.4, 0.5) is 23.8 Å². The summed E-state index contributed by atoms with van der Waals surface area (Å²) in [5.74, 6) is -0.299. The fraction of sp³-hybridized carbons (Fsp3) is 0.125. The van der Waals surface area contributed by atoms with Crippen molar-refractivity contribution in [1.29, 1.82) is 0 Å². The van der Waals surface area contributed by atoms with E-state index in [1.54, 1.807) is 36.4 Å². The molecule has 0 fully saturated rings. The number of carbonyl (C=O) groups is 1. The van der Waals surface area contributed by atoms with Crippen LogP contribution >= 0.6 is 0 Å². The molecule has 9 nitrogen and oxygen atoms in total. The molecule has 0 saturated carbocycles. The van der Waals surface area contributed by atoms with Crippen LogP contribution in [0.5, 0.6) is 17.4 Å². The summed E-state index contributed by atoms with van der Waals surface area (Å²) in [6.45, 7) is 1.54. The Morgan fingerprint density at radius 2 is 1.75 bits per heavy atom. The Morgan fingerprint density at radius 3 is 2.42 bits per heavy atom. The van der Waals surface area contributed by atoms with Crippen molar-refractivity contribution in [2.24, 2.45) is 0 Å². The number of nitrogens with zero attached hydrogens (tertiary/aromatic N) is 3. The second-order valence-corrected chi connectivity index (χ2v) is 7.53. The third kappa shape index (κ3) is 5.66. The van der Waals surface area contributed by atoms with Gasteiger partial charge in [-0.25, -0.2) is 19.1 Å². The van der Waals surface area contributed by atoms with E-state index in [9.17, 15) is 27.9 Å². The Bertz CT molecular complexity index is 1430. The number of imidazole rings is 1. The molecule has 4 rings (SSSR count). The number of anilines is 1. The molecule has 0 aliphatic rings. The van der Waals surface area contributed by atoms with E-state index >= 15 is 0 Å². The molecule has 0 radical (unpaired) electrons. The lowest BCUT2D eigenvalue weighted by atomic mass is 10.2. The molecule has 1 amide bonds. The van der Waals surface area contributed by atoms with Gasteiger partial charge in [-0.2, -0.15) is 0 Å². The van der Waals surface area contributed by atoms with Crippen molar-refractivity contribution in [3.8, 4) is 23.1 Å². The van der Waals surface area contributed by atoms with Gasteiger partial charge in [-0.3, -0.25) is 9.88 Å². The number of halogens is 3. The normalized spacial score (nSPS) is 11.2. The molecule has 12 heteroatoms. The van der Waals surface area contributed by atoms with Crippen LogP contribution in [0, 0.1) is 6.92 Å². The predicted molar refractivity (Wildman–Crippen MR) is 123 cm³/mol. The van der Waals surface area contributed by atoms with Gasteiger partial charge < -0.3 is 14.6 Å². The number of amides is 1. The summed E-state index contributed by atoms with van der Waals surface area (Å²) in [5, 5.41) is 13.0. The van der Waals surface area contributed by atoms with E-state index in [0.29, 0.717) is 11.3 Å². The first kappa shape index (κ1) is 24.4. The highest BCUT2D eigenvalue weighted by Gasteiger charge is 2.31. The van der Waals surface area contributed by atoms with Crippen LogP contribution in [0.3, 0.4) is 0 Å². The number of alkyl halides is 3. The predicted octanol–water partition coefficient (Wildman–Crippen LogP) is 4.61. The van der Waals surface area contributed by atoms with Crippen LogP contribution in [-0.2, 0) is 6.54 Å². The number of carbonyl (C=O) groups excluding carboxylic acids is 1. The summed E-state index contributed by atoms with van der Waals surface area (Å²) < 4.78 is 48.4. The Balaban J connectivity index is 1.53. The van der Waals surface area contributed by atoms with E-state index in [1.807, 2.05) is 0 Å². The number of benzene rings is 2. The number of aromatic nitrogens is 3. The zero-order valence-electron chi connectivity index (χ0n) is 18.7. The lowest BCUT2D eigenvalue weighted by Gasteiger charge is -2.09. The number of para-hydroxylation sites is 1. The van der Waals surface area contributed by atoms with Crippen LogP contribution < -0.4 is 20.5 Å². The van der Waals surface area contributed by atoms with Gasteiger partial charge in [-0.15, -0.1) is 13.2 Å². The van der Waals surface area contributed by atoms with Gasteiger partial charge in [0.15, 0.2) is 0 Å². The standard InChI is InChI=1S/C24H19F3N4O5/c1-15-21(32)31(17-7-9-19(10-8-17)36-24(25,26)27)23(34)30(15)14-16-11-12-28-20(13-16)29-22(33)35-18-5-3-2-4-6-18/h2-13,32H,14H2,1H3,(H,28,29,33). The quantitative estimate of drug-likeness (QED) is 0.401. The Labute approximate surface area is 202 Å². The van der Waals surface area contributed by atoms with E-state index in [4.69, 9.17) is 4.74 Å². The molecule has 4 aromatic rings. The molecule has 2 N–H and O–H groups in total. The monoisotopic (exact) mass is 500 g/mol. The first-order valence-corrected chi connectivity index (χ1v) is 10.5. The SMILES string of the molecule is Cc1c(O)n(-c2ccc(OC(F)(F)F)cc2)c(=O)n1Cc1ccnc(NC(=O)Oc2ccccc2)c1. The minimum Gasteiger partial charge on any atom is -0.493 e. The maximum absolute atomic E-state index is 13.0.